The Balaban J connectivity index is 1.27. The average Bonchev–Trinajstić information content (AvgIpc) is 3.48. The van der Waals surface area contributed by atoms with E-state index in [0.717, 1.165) is 29.9 Å². The number of pyridine rings is 1. The smallest absolute Gasteiger partial charge is 0.253 e. The summed E-state index contributed by atoms with van der Waals surface area (Å²) in [4.78, 5) is 27.3. The third-order valence-electron chi connectivity index (χ3n) is 5.90. The van der Waals surface area contributed by atoms with Gasteiger partial charge in [-0.25, -0.2) is 9.97 Å². The molecule has 1 aromatic carbocycles. The summed E-state index contributed by atoms with van der Waals surface area (Å²) >= 11 is 1.53. The topological polar surface area (TPSA) is 88.1 Å². The first-order chi connectivity index (χ1) is 16.5. The van der Waals surface area contributed by atoms with Gasteiger partial charge in [0.25, 0.3) is 5.91 Å². The molecule has 0 aliphatic carbocycles. The van der Waals surface area contributed by atoms with Crippen LogP contribution in [0.3, 0.4) is 0 Å². The molecular formula is C25H28N6O2S. The average molecular weight is 477 g/mol. The van der Waals surface area contributed by atoms with Crippen molar-refractivity contribution in [1.82, 2.24) is 24.2 Å². The van der Waals surface area contributed by atoms with E-state index < -0.39 is 0 Å². The van der Waals surface area contributed by atoms with Crippen molar-refractivity contribution in [1.29, 1.82) is 0 Å². The van der Waals surface area contributed by atoms with Gasteiger partial charge in [0.15, 0.2) is 5.65 Å². The number of hydrogen-bond donors (Lipinski definition) is 2. The van der Waals surface area contributed by atoms with Crippen molar-refractivity contribution in [3.63, 3.8) is 0 Å². The van der Waals surface area contributed by atoms with Crippen molar-refractivity contribution in [2.45, 2.75) is 32.6 Å². The fourth-order valence-electron chi connectivity index (χ4n) is 4.31. The first-order valence-electron chi connectivity index (χ1n) is 11.4. The Bertz CT molecular complexity index is 1290. The lowest BCUT2D eigenvalue weighted by atomic mass is 10.1. The van der Waals surface area contributed by atoms with Crippen LogP contribution in [0.1, 0.15) is 30.0 Å². The van der Waals surface area contributed by atoms with E-state index in [0.29, 0.717) is 23.6 Å². The van der Waals surface area contributed by atoms with Gasteiger partial charge in [0.05, 0.1) is 35.5 Å². The number of ether oxygens (including phenoxy) is 1. The Kier molecular flexibility index (Phi) is 6.30. The number of aromatic nitrogens is 4. The highest BCUT2D eigenvalue weighted by atomic mass is 32.2. The normalized spacial score (nSPS) is 18.4. The highest BCUT2D eigenvalue weighted by molar-refractivity contribution is 7.97. The zero-order valence-electron chi connectivity index (χ0n) is 19.5. The largest absolute Gasteiger partial charge is 0.372 e. The first kappa shape index (κ1) is 22.5. The van der Waals surface area contributed by atoms with Crippen LogP contribution in [0.15, 0.2) is 54.9 Å². The number of morpholine rings is 1. The van der Waals surface area contributed by atoms with Gasteiger partial charge in [0, 0.05) is 43.0 Å². The maximum absolute atomic E-state index is 12.4. The summed E-state index contributed by atoms with van der Waals surface area (Å²) in [5.41, 5.74) is 5.19. The Hall–Kier alpha value is -3.30. The van der Waals surface area contributed by atoms with E-state index in [2.05, 4.69) is 58.3 Å². The molecule has 4 aromatic rings. The lowest BCUT2D eigenvalue weighted by Crippen LogP contribution is -2.45. The lowest BCUT2D eigenvalue weighted by Gasteiger charge is -2.36. The van der Waals surface area contributed by atoms with Gasteiger partial charge in [-0.15, -0.1) is 0 Å². The number of imidazole rings is 1. The number of anilines is 1. The monoisotopic (exact) mass is 476 g/mol. The minimum Gasteiger partial charge on any atom is -0.372 e. The quantitative estimate of drug-likeness (QED) is 0.436. The zero-order chi connectivity index (χ0) is 23.7. The van der Waals surface area contributed by atoms with Crippen LogP contribution in [0.4, 0.5) is 5.69 Å². The van der Waals surface area contributed by atoms with E-state index in [-0.39, 0.29) is 18.1 Å². The predicted molar refractivity (Wildman–Crippen MR) is 136 cm³/mol. The van der Waals surface area contributed by atoms with E-state index in [1.807, 2.05) is 28.6 Å². The van der Waals surface area contributed by atoms with Gasteiger partial charge in [0.1, 0.15) is 5.82 Å². The molecule has 1 fully saturated rings. The minimum atomic E-state index is -0.133. The fraction of sp³-hybridized carbons (Fsp3) is 0.320. The van der Waals surface area contributed by atoms with E-state index in [1.54, 1.807) is 12.3 Å². The molecule has 176 valence electrons. The summed E-state index contributed by atoms with van der Waals surface area (Å²) < 4.78 is 7.73. The Morgan fingerprint density at radius 3 is 2.59 bits per heavy atom. The molecule has 0 bridgehead atoms. The molecule has 0 spiro atoms. The summed E-state index contributed by atoms with van der Waals surface area (Å²) in [5.74, 6) is 0.536. The van der Waals surface area contributed by atoms with Crippen molar-refractivity contribution >= 4 is 34.7 Å². The van der Waals surface area contributed by atoms with E-state index in [1.165, 1.54) is 17.6 Å². The van der Waals surface area contributed by atoms with Gasteiger partial charge in [-0.3, -0.25) is 8.77 Å². The number of benzene rings is 1. The number of H-pyrrole nitrogens is 1. The Morgan fingerprint density at radius 1 is 1.12 bits per heavy atom. The molecule has 34 heavy (non-hydrogen) atoms. The van der Waals surface area contributed by atoms with Gasteiger partial charge >= 0.3 is 0 Å². The van der Waals surface area contributed by atoms with Gasteiger partial charge in [-0.1, -0.05) is 12.1 Å². The molecule has 2 atom stereocenters. The van der Waals surface area contributed by atoms with Crippen molar-refractivity contribution in [2.75, 3.05) is 24.2 Å². The number of nitrogens with one attached hydrogen (secondary N) is 2. The third kappa shape index (κ3) is 4.80. The SMILES string of the molecule is CSn1ccc(C(=O)NCc2nc3nc(-c4ccc(N5CC(C)OC(C)C5)cc4)ccc3[nH]2)c1. The number of aromatic amines is 1. The van der Waals surface area contributed by atoms with Crippen molar-refractivity contribution in [3.05, 3.63) is 66.2 Å². The van der Waals surface area contributed by atoms with Crippen molar-refractivity contribution < 1.29 is 9.53 Å². The van der Waals surface area contributed by atoms with E-state index in [4.69, 9.17) is 9.72 Å². The summed E-state index contributed by atoms with van der Waals surface area (Å²) in [6, 6.07) is 14.2. The van der Waals surface area contributed by atoms with Gasteiger partial charge in [-0.05, 0) is 56.1 Å². The molecular weight excluding hydrogens is 448 g/mol. The van der Waals surface area contributed by atoms with Crippen LogP contribution in [0.2, 0.25) is 0 Å². The number of carbonyl (C=O) groups excluding carboxylic acids is 1. The molecule has 2 N–H and O–H groups in total. The number of amides is 1. The van der Waals surface area contributed by atoms with Crippen LogP contribution in [0.25, 0.3) is 22.4 Å². The molecule has 3 aromatic heterocycles. The van der Waals surface area contributed by atoms with Crippen molar-refractivity contribution in [2.24, 2.45) is 0 Å². The van der Waals surface area contributed by atoms with E-state index in [9.17, 15) is 4.79 Å². The number of carbonyl (C=O) groups is 1. The first-order valence-corrected chi connectivity index (χ1v) is 12.5. The van der Waals surface area contributed by atoms with Crippen LogP contribution in [0, 0.1) is 0 Å². The van der Waals surface area contributed by atoms with Gasteiger partial charge in [0.2, 0.25) is 0 Å². The molecule has 9 heteroatoms. The molecule has 0 saturated carbocycles. The van der Waals surface area contributed by atoms with Crippen LogP contribution in [-0.4, -0.2) is 56.4 Å². The predicted octanol–water partition coefficient (Wildman–Crippen LogP) is 4.10. The summed E-state index contributed by atoms with van der Waals surface area (Å²) in [6.07, 6.45) is 6.07. The molecule has 1 aliphatic heterocycles. The summed E-state index contributed by atoms with van der Waals surface area (Å²) in [7, 11) is 0. The molecule has 8 nitrogen and oxygen atoms in total. The molecule has 1 saturated heterocycles. The maximum atomic E-state index is 12.4. The second kappa shape index (κ2) is 9.52. The molecule has 1 aliphatic rings. The van der Waals surface area contributed by atoms with Crippen LogP contribution in [0.5, 0.6) is 0 Å². The Morgan fingerprint density at radius 2 is 1.88 bits per heavy atom. The third-order valence-corrected chi connectivity index (χ3v) is 6.55. The number of rotatable bonds is 6. The van der Waals surface area contributed by atoms with Gasteiger partial charge in [-0.2, -0.15) is 0 Å². The second-order valence-corrected chi connectivity index (χ2v) is 9.37. The zero-order valence-corrected chi connectivity index (χ0v) is 20.3. The van der Waals surface area contributed by atoms with Crippen LogP contribution in [-0.2, 0) is 11.3 Å². The second-order valence-electron chi connectivity index (χ2n) is 8.59. The van der Waals surface area contributed by atoms with Crippen molar-refractivity contribution in [3.8, 4) is 11.3 Å². The van der Waals surface area contributed by atoms with Gasteiger partial charge < -0.3 is 19.9 Å². The lowest BCUT2D eigenvalue weighted by molar-refractivity contribution is -0.00521. The highest BCUT2D eigenvalue weighted by Gasteiger charge is 2.22. The minimum absolute atomic E-state index is 0.133. The standard InChI is InChI=1S/C25H28N6O2S/c1-16-13-30(14-17(2)33-16)20-6-4-18(5-7-20)21-8-9-22-24(28-21)29-23(27-22)12-26-25(32)19-10-11-31(15-19)34-3/h4-11,15-17H,12-14H2,1-3H3,(H,26,32)(H,27,28,29). The highest BCUT2D eigenvalue weighted by Crippen LogP contribution is 2.25. The van der Waals surface area contributed by atoms with E-state index >= 15 is 0 Å². The molecule has 0 radical (unpaired) electrons. The molecule has 5 rings (SSSR count). The maximum Gasteiger partial charge on any atom is 0.253 e. The summed E-state index contributed by atoms with van der Waals surface area (Å²) in [6.45, 7) is 6.32. The number of fused-ring (bicyclic) bond motifs is 1. The molecule has 4 heterocycles. The van der Waals surface area contributed by atoms with Crippen LogP contribution < -0.4 is 10.2 Å². The molecule has 1 amide bonds. The fourth-order valence-corrected chi connectivity index (χ4v) is 4.71. The number of nitrogens with zero attached hydrogens (tertiary/aromatic N) is 4. The van der Waals surface area contributed by atoms with Crippen LogP contribution >= 0.6 is 11.9 Å². The Labute approximate surface area is 202 Å². The number of hydrogen-bond acceptors (Lipinski definition) is 6. The molecule has 2 unspecified atom stereocenters. The summed E-state index contributed by atoms with van der Waals surface area (Å²) in [5, 5.41) is 2.91.